The van der Waals surface area contributed by atoms with E-state index >= 15 is 0 Å². The molecule has 5 nitrogen and oxygen atoms in total. The summed E-state index contributed by atoms with van der Waals surface area (Å²) in [6.07, 6.45) is 1.04. The molecule has 1 fully saturated rings. The van der Waals surface area contributed by atoms with Crippen LogP contribution in [0.3, 0.4) is 0 Å². The second-order valence-electron chi connectivity index (χ2n) is 4.94. The molecule has 0 spiro atoms. The van der Waals surface area contributed by atoms with Crippen molar-refractivity contribution in [2.24, 2.45) is 5.92 Å². The standard InChI is InChI=1S/C13H18N2O3/c1-9-5-6-14(10(9)2)13-7-11(8-16)3-4-12(13)15(17)18/h3-4,7,9-10,16H,5-6,8H2,1-2H3. The summed E-state index contributed by atoms with van der Waals surface area (Å²) in [7, 11) is 0. The smallest absolute Gasteiger partial charge is 0.292 e. The van der Waals surface area contributed by atoms with Crippen molar-refractivity contribution in [3.05, 3.63) is 33.9 Å². The van der Waals surface area contributed by atoms with Crippen LogP contribution in [-0.2, 0) is 6.61 Å². The molecule has 1 aromatic rings. The van der Waals surface area contributed by atoms with Gasteiger partial charge in [0.05, 0.1) is 11.5 Å². The minimum absolute atomic E-state index is 0.0945. The zero-order valence-corrected chi connectivity index (χ0v) is 10.7. The third-order valence-electron chi connectivity index (χ3n) is 3.87. The molecule has 1 N–H and O–H groups in total. The Morgan fingerprint density at radius 2 is 2.22 bits per heavy atom. The highest BCUT2D eigenvalue weighted by molar-refractivity contribution is 5.65. The van der Waals surface area contributed by atoms with Gasteiger partial charge < -0.3 is 10.0 Å². The first-order chi connectivity index (χ1) is 8.54. The molecule has 2 rings (SSSR count). The van der Waals surface area contributed by atoms with Crippen molar-refractivity contribution < 1.29 is 10.0 Å². The largest absolute Gasteiger partial charge is 0.392 e. The van der Waals surface area contributed by atoms with Crippen molar-refractivity contribution in [1.82, 2.24) is 0 Å². The minimum atomic E-state index is -0.355. The third kappa shape index (κ3) is 2.18. The number of hydrogen-bond donors (Lipinski definition) is 1. The van der Waals surface area contributed by atoms with Gasteiger partial charge in [-0.1, -0.05) is 6.92 Å². The van der Waals surface area contributed by atoms with Crippen LogP contribution in [0.1, 0.15) is 25.8 Å². The van der Waals surface area contributed by atoms with Gasteiger partial charge in [-0.2, -0.15) is 0 Å². The van der Waals surface area contributed by atoms with Crippen molar-refractivity contribution in [1.29, 1.82) is 0 Å². The second kappa shape index (κ2) is 4.94. The van der Waals surface area contributed by atoms with E-state index in [1.165, 1.54) is 6.07 Å². The van der Waals surface area contributed by atoms with E-state index in [-0.39, 0.29) is 23.3 Å². The summed E-state index contributed by atoms with van der Waals surface area (Å²) in [5, 5.41) is 20.2. The van der Waals surface area contributed by atoms with Gasteiger partial charge in [0.1, 0.15) is 5.69 Å². The highest BCUT2D eigenvalue weighted by atomic mass is 16.6. The van der Waals surface area contributed by atoms with Gasteiger partial charge >= 0.3 is 0 Å². The van der Waals surface area contributed by atoms with Crippen molar-refractivity contribution in [3.8, 4) is 0 Å². The molecule has 0 radical (unpaired) electrons. The van der Waals surface area contributed by atoms with Gasteiger partial charge in [-0.15, -0.1) is 0 Å². The zero-order valence-electron chi connectivity index (χ0n) is 10.7. The van der Waals surface area contributed by atoms with Gasteiger partial charge in [-0.25, -0.2) is 0 Å². The van der Waals surface area contributed by atoms with E-state index in [1.807, 2.05) is 0 Å². The summed E-state index contributed by atoms with van der Waals surface area (Å²) in [5.74, 6) is 0.530. The van der Waals surface area contributed by atoms with Crippen LogP contribution < -0.4 is 4.90 Å². The van der Waals surface area contributed by atoms with Crippen LogP contribution in [0.25, 0.3) is 0 Å². The summed E-state index contributed by atoms with van der Waals surface area (Å²) >= 11 is 0. The first kappa shape index (κ1) is 12.8. The van der Waals surface area contributed by atoms with Gasteiger partial charge in [0.2, 0.25) is 0 Å². The molecule has 98 valence electrons. The molecule has 2 atom stereocenters. The third-order valence-corrected chi connectivity index (χ3v) is 3.87. The maximum absolute atomic E-state index is 11.1. The topological polar surface area (TPSA) is 66.6 Å². The van der Waals surface area contributed by atoms with E-state index in [4.69, 9.17) is 5.11 Å². The first-order valence-corrected chi connectivity index (χ1v) is 6.19. The number of nitro benzene ring substituents is 1. The van der Waals surface area contributed by atoms with E-state index in [1.54, 1.807) is 12.1 Å². The van der Waals surface area contributed by atoms with Crippen LogP contribution >= 0.6 is 0 Å². The summed E-state index contributed by atoms with van der Waals surface area (Å²) in [6, 6.07) is 5.10. The van der Waals surface area contributed by atoms with Crippen molar-refractivity contribution in [2.75, 3.05) is 11.4 Å². The van der Waals surface area contributed by atoms with Crippen LogP contribution in [-0.4, -0.2) is 22.6 Å². The molecule has 0 saturated carbocycles. The molecule has 2 unspecified atom stereocenters. The highest BCUT2D eigenvalue weighted by Crippen LogP contribution is 2.36. The number of rotatable bonds is 3. The van der Waals surface area contributed by atoms with Crippen LogP contribution in [0, 0.1) is 16.0 Å². The van der Waals surface area contributed by atoms with Crippen LogP contribution in [0.15, 0.2) is 18.2 Å². The van der Waals surface area contributed by atoms with Gasteiger partial charge in [-0.3, -0.25) is 10.1 Å². The first-order valence-electron chi connectivity index (χ1n) is 6.19. The van der Waals surface area contributed by atoms with E-state index in [0.29, 0.717) is 17.2 Å². The van der Waals surface area contributed by atoms with Crippen molar-refractivity contribution in [2.45, 2.75) is 32.9 Å². The SMILES string of the molecule is CC1CCN(c2cc(CO)ccc2[N+](=O)[O-])C1C. The number of nitrogens with zero attached hydrogens (tertiary/aromatic N) is 2. The number of aliphatic hydroxyl groups excluding tert-OH is 1. The lowest BCUT2D eigenvalue weighted by atomic mass is 10.0. The molecule has 5 heteroatoms. The fourth-order valence-corrected chi connectivity index (χ4v) is 2.49. The molecular formula is C13H18N2O3. The molecule has 1 aliphatic heterocycles. The Balaban J connectivity index is 2.44. The molecule has 0 bridgehead atoms. The number of nitro groups is 1. The molecular weight excluding hydrogens is 232 g/mol. The summed E-state index contributed by atoms with van der Waals surface area (Å²) in [6.45, 7) is 4.99. The Kier molecular flexibility index (Phi) is 3.52. The normalized spacial score (nSPS) is 23.4. The molecule has 0 amide bonds. The Hall–Kier alpha value is -1.62. The summed E-state index contributed by atoms with van der Waals surface area (Å²) < 4.78 is 0. The van der Waals surface area contributed by atoms with Crippen LogP contribution in [0.4, 0.5) is 11.4 Å². The summed E-state index contributed by atoms with van der Waals surface area (Å²) in [5.41, 5.74) is 1.46. The lowest BCUT2D eigenvalue weighted by molar-refractivity contribution is -0.384. The average molecular weight is 250 g/mol. The summed E-state index contributed by atoms with van der Waals surface area (Å²) in [4.78, 5) is 12.8. The van der Waals surface area contributed by atoms with E-state index in [2.05, 4.69) is 18.7 Å². The predicted molar refractivity (Wildman–Crippen MR) is 69.6 cm³/mol. The second-order valence-corrected chi connectivity index (χ2v) is 4.94. The van der Waals surface area contributed by atoms with Gasteiger partial charge in [0.25, 0.3) is 5.69 Å². The molecule has 0 aromatic heterocycles. The Labute approximate surface area is 106 Å². The Morgan fingerprint density at radius 1 is 1.50 bits per heavy atom. The van der Waals surface area contributed by atoms with Gasteiger partial charge in [0, 0.05) is 18.7 Å². The fraction of sp³-hybridized carbons (Fsp3) is 0.538. The molecule has 1 aromatic carbocycles. The molecule has 0 aliphatic carbocycles. The van der Waals surface area contributed by atoms with Gasteiger partial charge in [-0.05, 0) is 37.0 Å². The predicted octanol–water partition coefficient (Wildman–Crippen LogP) is 2.32. The highest BCUT2D eigenvalue weighted by Gasteiger charge is 2.31. The van der Waals surface area contributed by atoms with Crippen LogP contribution in [0.2, 0.25) is 0 Å². The quantitative estimate of drug-likeness (QED) is 0.660. The molecule has 1 saturated heterocycles. The molecule has 1 heterocycles. The molecule has 18 heavy (non-hydrogen) atoms. The number of anilines is 1. The average Bonchev–Trinajstić information content (AvgIpc) is 2.69. The lowest BCUT2D eigenvalue weighted by Gasteiger charge is -2.25. The lowest BCUT2D eigenvalue weighted by Crippen LogP contribution is -2.29. The van der Waals surface area contributed by atoms with E-state index < -0.39 is 0 Å². The molecule has 1 aliphatic rings. The van der Waals surface area contributed by atoms with Crippen molar-refractivity contribution >= 4 is 11.4 Å². The van der Waals surface area contributed by atoms with Crippen LogP contribution in [0.5, 0.6) is 0 Å². The monoisotopic (exact) mass is 250 g/mol. The Morgan fingerprint density at radius 3 is 2.72 bits per heavy atom. The fourth-order valence-electron chi connectivity index (χ4n) is 2.49. The van der Waals surface area contributed by atoms with E-state index in [0.717, 1.165) is 13.0 Å². The number of hydrogen-bond acceptors (Lipinski definition) is 4. The Bertz CT molecular complexity index is 462. The number of aliphatic hydroxyl groups is 1. The van der Waals surface area contributed by atoms with Crippen molar-refractivity contribution in [3.63, 3.8) is 0 Å². The van der Waals surface area contributed by atoms with Gasteiger partial charge in [0.15, 0.2) is 0 Å². The maximum Gasteiger partial charge on any atom is 0.292 e. The van der Waals surface area contributed by atoms with E-state index in [9.17, 15) is 10.1 Å². The maximum atomic E-state index is 11.1. The zero-order chi connectivity index (χ0) is 13.3. The number of benzene rings is 1. The minimum Gasteiger partial charge on any atom is -0.392 e.